The van der Waals surface area contributed by atoms with E-state index < -0.39 is 10.8 Å². The average Bonchev–Trinajstić information content (AvgIpc) is 2.47. The van der Waals surface area contributed by atoms with Crippen molar-refractivity contribution in [3.63, 3.8) is 0 Å². The molecule has 0 saturated carbocycles. The number of nitrogens with two attached hydrogens (primary N) is 1. The lowest BCUT2D eigenvalue weighted by Gasteiger charge is -2.29. The van der Waals surface area contributed by atoms with Crippen LogP contribution in [0.2, 0.25) is 0 Å². The van der Waals surface area contributed by atoms with Gasteiger partial charge in [0.25, 0.3) is 0 Å². The molecule has 1 heterocycles. The van der Waals surface area contributed by atoms with Gasteiger partial charge in [-0.1, -0.05) is 35.5 Å². The first-order chi connectivity index (χ1) is 9.20. The summed E-state index contributed by atoms with van der Waals surface area (Å²) in [7, 11) is -0.685. The summed E-state index contributed by atoms with van der Waals surface area (Å²) in [5.74, 6) is 1.51. The minimum absolute atomic E-state index is 0.127. The fourth-order valence-electron chi connectivity index (χ4n) is 2.24. The van der Waals surface area contributed by atoms with Crippen molar-refractivity contribution < 1.29 is 9.42 Å². The second kappa shape index (κ2) is 6.68. The van der Waals surface area contributed by atoms with Crippen molar-refractivity contribution in [3.8, 4) is 0 Å². The molecule has 1 unspecified atom stereocenters. The Morgan fingerprint density at radius 1 is 1.37 bits per heavy atom. The van der Waals surface area contributed by atoms with E-state index in [1.807, 2.05) is 30.3 Å². The van der Waals surface area contributed by atoms with Gasteiger partial charge in [-0.05, 0) is 5.56 Å². The Morgan fingerprint density at radius 3 is 2.58 bits per heavy atom. The molecule has 0 spiro atoms. The highest BCUT2D eigenvalue weighted by Gasteiger charge is 2.23. The third-order valence-electron chi connectivity index (χ3n) is 3.39. The molecule has 1 aromatic rings. The maximum absolute atomic E-state index is 11.4. The molecule has 0 bridgehead atoms. The van der Waals surface area contributed by atoms with Crippen LogP contribution in [0.25, 0.3) is 0 Å². The molecule has 1 atom stereocenters. The van der Waals surface area contributed by atoms with Crippen molar-refractivity contribution in [2.24, 2.45) is 10.9 Å². The van der Waals surface area contributed by atoms with Gasteiger partial charge in [-0.3, -0.25) is 4.21 Å². The summed E-state index contributed by atoms with van der Waals surface area (Å²) in [5, 5.41) is 12.1. The Balaban J connectivity index is 2.09. The van der Waals surface area contributed by atoms with Crippen molar-refractivity contribution in [1.82, 2.24) is 4.90 Å². The zero-order valence-corrected chi connectivity index (χ0v) is 11.6. The van der Waals surface area contributed by atoms with Crippen LogP contribution in [0.4, 0.5) is 0 Å². The first kappa shape index (κ1) is 14.0. The lowest BCUT2D eigenvalue weighted by atomic mass is 9.97. The smallest absolute Gasteiger partial charge is 0.147 e. The number of nitrogens with zero attached hydrogens (tertiary/aromatic N) is 2. The van der Waals surface area contributed by atoms with Gasteiger partial charge in [0.2, 0.25) is 0 Å². The van der Waals surface area contributed by atoms with Gasteiger partial charge in [0.15, 0.2) is 0 Å². The third-order valence-corrected chi connectivity index (χ3v) is 4.66. The predicted octanol–water partition coefficient (Wildman–Crippen LogP) is 0.581. The zero-order valence-electron chi connectivity index (χ0n) is 10.7. The summed E-state index contributed by atoms with van der Waals surface area (Å²) in [6, 6.07) is 9.78. The van der Waals surface area contributed by atoms with E-state index >= 15 is 0 Å². The number of benzene rings is 1. The van der Waals surface area contributed by atoms with Gasteiger partial charge < -0.3 is 15.8 Å². The number of hydrogen-bond acceptors (Lipinski definition) is 4. The van der Waals surface area contributed by atoms with Gasteiger partial charge >= 0.3 is 0 Å². The number of oxime groups is 1. The Labute approximate surface area is 115 Å². The van der Waals surface area contributed by atoms with E-state index in [0.717, 1.165) is 18.7 Å². The molecular formula is C13H19N3O2S. The van der Waals surface area contributed by atoms with Crippen LogP contribution in [-0.2, 0) is 10.8 Å². The minimum Gasteiger partial charge on any atom is -0.409 e. The van der Waals surface area contributed by atoms with Crippen molar-refractivity contribution in [2.75, 3.05) is 31.1 Å². The molecule has 0 aromatic heterocycles. The van der Waals surface area contributed by atoms with Crippen LogP contribution in [0, 0.1) is 0 Å². The fraction of sp³-hybridized carbons (Fsp3) is 0.462. The maximum atomic E-state index is 11.4. The van der Waals surface area contributed by atoms with Crippen molar-refractivity contribution in [2.45, 2.75) is 5.92 Å². The molecule has 5 nitrogen and oxygen atoms in total. The Kier molecular flexibility index (Phi) is 4.93. The predicted molar refractivity (Wildman–Crippen MR) is 76.9 cm³/mol. The van der Waals surface area contributed by atoms with Crippen LogP contribution in [-0.4, -0.2) is 51.3 Å². The van der Waals surface area contributed by atoms with Crippen LogP contribution < -0.4 is 5.73 Å². The lowest BCUT2D eigenvalue weighted by Crippen LogP contribution is -2.42. The second-order valence-electron chi connectivity index (χ2n) is 4.64. The molecule has 1 aliphatic heterocycles. The summed E-state index contributed by atoms with van der Waals surface area (Å²) in [5.41, 5.74) is 6.84. The van der Waals surface area contributed by atoms with Gasteiger partial charge in [0.1, 0.15) is 5.84 Å². The van der Waals surface area contributed by atoms with Gasteiger partial charge in [0, 0.05) is 41.9 Å². The summed E-state index contributed by atoms with van der Waals surface area (Å²) in [6.45, 7) is 2.29. The monoisotopic (exact) mass is 281 g/mol. The first-order valence-electron chi connectivity index (χ1n) is 6.30. The molecule has 1 saturated heterocycles. The van der Waals surface area contributed by atoms with E-state index in [1.54, 1.807) is 0 Å². The molecule has 0 radical (unpaired) electrons. The number of amidine groups is 1. The molecule has 0 aliphatic carbocycles. The van der Waals surface area contributed by atoms with E-state index in [4.69, 9.17) is 10.9 Å². The SMILES string of the molecule is NC(=NO)C(CN1CCS(=O)CC1)c1ccccc1. The Hall–Kier alpha value is -1.40. The van der Waals surface area contributed by atoms with E-state index in [-0.39, 0.29) is 11.8 Å². The number of rotatable bonds is 4. The van der Waals surface area contributed by atoms with E-state index in [0.29, 0.717) is 18.1 Å². The number of hydrogen-bond donors (Lipinski definition) is 2. The van der Waals surface area contributed by atoms with Crippen LogP contribution >= 0.6 is 0 Å². The van der Waals surface area contributed by atoms with Crippen molar-refractivity contribution in [3.05, 3.63) is 35.9 Å². The Morgan fingerprint density at radius 2 is 2.00 bits per heavy atom. The topological polar surface area (TPSA) is 78.9 Å². The summed E-state index contributed by atoms with van der Waals surface area (Å²) in [6.07, 6.45) is 0. The normalized spacial score (nSPS) is 20.3. The lowest BCUT2D eigenvalue weighted by molar-refractivity contribution is 0.287. The molecular weight excluding hydrogens is 262 g/mol. The molecule has 1 fully saturated rings. The second-order valence-corrected chi connectivity index (χ2v) is 6.33. The quantitative estimate of drug-likeness (QED) is 0.366. The third kappa shape index (κ3) is 3.78. The summed E-state index contributed by atoms with van der Waals surface area (Å²) < 4.78 is 11.4. The van der Waals surface area contributed by atoms with Gasteiger partial charge in [-0.2, -0.15) is 0 Å². The average molecular weight is 281 g/mol. The van der Waals surface area contributed by atoms with Gasteiger partial charge in [-0.25, -0.2) is 0 Å². The summed E-state index contributed by atoms with van der Waals surface area (Å²) in [4.78, 5) is 2.22. The largest absolute Gasteiger partial charge is 0.409 e. The summed E-state index contributed by atoms with van der Waals surface area (Å²) >= 11 is 0. The molecule has 3 N–H and O–H groups in total. The molecule has 104 valence electrons. The first-order valence-corrected chi connectivity index (χ1v) is 7.79. The van der Waals surface area contributed by atoms with Crippen LogP contribution in [0.1, 0.15) is 11.5 Å². The van der Waals surface area contributed by atoms with Crippen LogP contribution in [0.15, 0.2) is 35.5 Å². The zero-order chi connectivity index (χ0) is 13.7. The molecule has 19 heavy (non-hydrogen) atoms. The van der Waals surface area contributed by atoms with E-state index in [1.165, 1.54) is 0 Å². The van der Waals surface area contributed by atoms with Gasteiger partial charge in [0.05, 0.1) is 5.92 Å². The molecule has 0 amide bonds. The van der Waals surface area contributed by atoms with Crippen molar-refractivity contribution >= 4 is 16.6 Å². The van der Waals surface area contributed by atoms with Crippen LogP contribution in [0.5, 0.6) is 0 Å². The molecule has 6 heteroatoms. The minimum atomic E-state index is -0.685. The van der Waals surface area contributed by atoms with Crippen molar-refractivity contribution in [1.29, 1.82) is 0 Å². The fourth-order valence-corrected chi connectivity index (χ4v) is 3.37. The van der Waals surface area contributed by atoms with E-state index in [2.05, 4.69) is 10.1 Å². The standard InChI is InChI=1S/C13H19N3O2S/c14-13(15-17)12(11-4-2-1-3-5-11)10-16-6-8-19(18)9-7-16/h1-5,12,17H,6-10H2,(H2,14,15). The molecule has 1 aromatic carbocycles. The highest BCUT2D eigenvalue weighted by atomic mass is 32.2. The highest BCUT2D eigenvalue weighted by Crippen LogP contribution is 2.18. The Bertz CT molecular complexity index is 454. The van der Waals surface area contributed by atoms with Crippen LogP contribution in [0.3, 0.4) is 0 Å². The highest BCUT2D eigenvalue weighted by molar-refractivity contribution is 7.85. The molecule has 2 rings (SSSR count). The van der Waals surface area contributed by atoms with E-state index in [9.17, 15) is 4.21 Å². The van der Waals surface area contributed by atoms with Gasteiger partial charge in [-0.15, -0.1) is 0 Å². The molecule has 1 aliphatic rings. The maximum Gasteiger partial charge on any atom is 0.147 e.